The molecule has 1 aliphatic rings. The summed E-state index contributed by atoms with van der Waals surface area (Å²) in [5.41, 5.74) is 1.97. The third kappa shape index (κ3) is 6.02. The van der Waals surface area contributed by atoms with E-state index in [0.29, 0.717) is 37.6 Å². The normalized spacial score (nSPS) is 17.0. The Hall–Kier alpha value is -3.64. The summed E-state index contributed by atoms with van der Waals surface area (Å²) in [6.45, 7) is 1.27. The van der Waals surface area contributed by atoms with E-state index in [0.717, 1.165) is 17.5 Å². The molecule has 1 aliphatic heterocycles. The molecular formula is C28H30N2O4. The third-order valence-electron chi connectivity index (χ3n) is 5.74. The number of aliphatic hydroxyl groups excluding tert-OH is 1. The molecular weight excluding hydrogens is 428 g/mol. The van der Waals surface area contributed by atoms with Crippen molar-refractivity contribution in [1.29, 1.82) is 0 Å². The van der Waals surface area contributed by atoms with Gasteiger partial charge in [-0.15, -0.1) is 0 Å². The number of amides is 1. The fourth-order valence-electron chi connectivity index (χ4n) is 3.89. The molecule has 3 aromatic rings. The Kier molecular flexibility index (Phi) is 7.94. The smallest absolute Gasteiger partial charge is 0.251 e. The van der Waals surface area contributed by atoms with Gasteiger partial charge < -0.3 is 19.9 Å². The lowest BCUT2D eigenvalue weighted by Gasteiger charge is -2.23. The number of carbonyl (C=O) groups is 1. The molecule has 6 nitrogen and oxygen atoms in total. The fourth-order valence-corrected chi connectivity index (χ4v) is 3.89. The number of aliphatic imine (C=N–C) groups is 1. The van der Waals surface area contributed by atoms with Crippen LogP contribution < -0.4 is 10.1 Å². The lowest BCUT2D eigenvalue weighted by molar-refractivity contribution is -0.126. The lowest BCUT2D eigenvalue weighted by Crippen LogP contribution is -2.48. The van der Waals surface area contributed by atoms with Crippen molar-refractivity contribution in [3.63, 3.8) is 0 Å². The molecule has 6 heteroatoms. The van der Waals surface area contributed by atoms with Crippen LogP contribution >= 0.6 is 0 Å². The van der Waals surface area contributed by atoms with E-state index in [2.05, 4.69) is 17.4 Å². The Morgan fingerprint density at radius 1 is 0.971 bits per heavy atom. The second-order valence-electron chi connectivity index (χ2n) is 8.34. The first-order chi connectivity index (χ1) is 16.7. The number of ether oxygens (including phenoxy) is 2. The summed E-state index contributed by atoms with van der Waals surface area (Å²) < 4.78 is 11.6. The van der Waals surface area contributed by atoms with E-state index in [1.54, 1.807) is 0 Å². The highest BCUT2D eigenvalue weighted by Gasteiger charge is 2.44. The fraction of sp³-hybridized carbons (Fsp3) is 0.286. The minimum Gasteiger partial charge on any atom is -0.494 e. The first kappa shape index (κ1) is 23.5. The van der Waals surface area contributed by atoms with Crippen LogP contribution in [-0.2, 0) is 22.4 Å². The van der Waals surface area contributed by atoms with E-state index in [4.69, 9.17) is 19.6 Å². The van der Waals surface area contributed by atoms with E-state index >= 15 is 0 Å². The monoisotopic (exact) mass is 458 g/mol. The van der Waals surface area contributed by atoms with Crippen molar-refractivity contribution in [1.82, 2.24) is 5.32 Å². The SMILES string of the molecule is O=C(NCCc1ccccc1)[C@@]1(Cc2ccccc2)COC(c2ccc(OCCCO)cc2)=N1. The molecule has 0 bridgehead atoms. The average molecular weight is 459 g/mol. The van der Waals surface area contributed by atoms with Crippen molar-refractivity contribution >= 4 is 11.8 Å². The predicted octanol–water partition coefficient (Wildman–Crippen LogP) is 3.57. The van der Waals surface area contributed by atoms with Gasteiger partial charge in [0.1, 0.15) is 12.4 Å². The Bertz CT molecular complexity index is 1080. The van der Waals surface area contributed by atoms with Crippen molar-refractivity contribution in [2.75, 3.05) is 26.4 Å². The van der Waals surface area contributed by atoms with Gasteiger partial charge in [-0.05, 0) is 41.8 Å². The molecule has 0 fully saturated rings. The zero-order valence-corrected chi connectivity index (χ0v) is 19.2. The first-order valence-electron chi connectivity index (χ1n) is 11.6. The largest absolute Gasteiger partial charge is 0.494 e. The average Bonchev–Trinajstić information content (AvgIpc) is 3.31. The van der Waals surface area contributed by atoms with Crippen LogP contribution in [-0.4, -0.2) is 48.8 Å². The second kappa shape index (κ2) is 11.5. The van der Waals surface area contributed by atoms with Gasteiger partial charge in [-0.25, -0.2) is 4.99 Å². The van der Waals surface area contributed by atoms with E-state index in [1.807, 2.05) is 72.8 Å². The quantitative estimate of drug-likeness (QED) is 0.431. The van der Waals surface area contributed by atoms with Gasteiger partial charge in [0.25, 0.3) is 5.91 Å². The van der Waals surface area contributed by atoms with Crippen LogP contribution in [0.1, 0.15) is 23.1 Å². The number of benzene rings is 3. The highest BCUT2D eigenvalue weighted by atomic mass is 16.5. The van der Waals surface area contributed by atoms with Crippen molar-refractivity contribution in [2.24, 2.45) is 4.99 Å². The van der Waals surface area contributed by atoms with Gasteiger partial charge in [-0.3, -0.25) is 4.79 Å². The molecule has 0 saturated carbocycles. The van der Waals surface area contributed by atoms with E-state index in [9.17, 15) is 4.79 Å². The van der Waals surface area contributed by atoms with Gasteiger partial charge in [-0.1, -0.05) is 60.7 Å². The lowest BCUT2D eigenvalue weighted by atomic mass is 9.91. The van der Waals surface area contributed by atoms with Crippen molar-refractivity contribution < 1.29 is 19.4 Å². The number of carbonyl (C=O) groups excluding carboxylic acids is 1. The summed E-state index contributed by atoms with van der Waals surface area (Å²) in [6, 6.07) is 27.4. The molecule has 2 N–H and O–H groups in total. The number of hydrogen-bond donors (Lipinski definition) is 2. The Balaban J connectivity index is 1.49. The van der Waals surface area contributed by atoms with E-state index in [1.165, 1.54) is 5.56 Å². The molecule has 1 heterocycles. The van der Waals surface area contributed by atoms with Crippen LogP contribution in [0.3, 0.4) is 0 Å². The molecule has 4 rings (SSSR count). The molecule has 3 aromatic carbocycles. The topological polar surface area (TPSA) is 80.2 Å². The Labute approximate surface area is 200 Å². The summed E-state index contributed by atoms with van der Waals surface area (Å²) in [5, 5.41) is 12.0. The summed E-state index contributed by atoms with van der Waals surface area (Å²) in [7, 11) is 0. The third-order valence-corrected chi connectivity index (χ3v) is 5.74. The highest BCUT2D eigenvalue weighted by Crippen LogP contribution is 2.27. The summed E-state index contributed by atoms with van der Waals surface area (Å²) in [6.07, 6.45) is 1.79. The number of nitrogens with one attached hydrogen (secondary N) is 1. The van der Waals surface area contributed by atoms with Crippen molar-refractivity contribution in [2.45, 2.75) is 24.8 Å². The highest BCUT2D eigenvalue weighted by molar-refractivity contribution is 6.00. The minimum atomic E-state index is -1.02. The van der Waals surface area contributed by atoms with Crippen molar-refractivity contribution in [3.8, 4) is 5.75 Å². The zero-order chi connectivity index (χ0) is 23.6. The number of nitrogens with zero attached hydrogens (tertiary/aromatic N) is 1. The molecule has 0 aliphatic carbocycles. The number of hydrogen-bond acceptors (Lipinski definition) is 5. The van der Waals surface area contributed by atoms with Gasteiger partial charge in [0.15, 0.2) is 5.54 Å². The van der Waals surface area contributed by atoms with E-state index < -0.39 is 5.54 Å². The number of rotatable bonds is 11. The summed E-state index contributed by atoms with van der Waals surface area (Å²) in [5.74, 6) is 1.03. The van der Waals surface area contributed by atoms with Crippen LogP contribution in [0.5, 0.6) is 5.75 Å². The molecule has 1 amide bonds. The van der Waals surface area contributed by atoms with Gasteiger partial charge >= 0.3 is 0 Å². The van der Waals surface area contributed by atoms with Crippen LogP contribution in [0.2, 0.25) is 0 Å². The zero-order valence-electron chi connectivity index (χ0n) is 19.2. The molecule has 176 valence electrons. The molecule has 0 saturated heterocycles. The van der Waals surface area contributed by atoms with Crippen molar-refractivity contribution in [3.05, 3.63) is 102 Å². The Morgan fingerprint density at radius 3 is 2.32 bits per heavy atom. The molecule has 0 spiro atoms. The standard InChI is InChI=1S/C28H30N2O4/c31-18-7-19-33-25-14-12-24(13-15-25)26-30-28(21-34-26,20-23-10-5-2-6-11-23)27(32)29-17-16-22-8-3-1-4-9-22/h1-6,8-15,31H,7,16-21H2,(H,29,32)/t28-/m1/s1. The predicted molar refractivity (Wildman–Crippen MR) is 132 cm³/mol. The van der Waals surface area contributed by atoms with Crippen LogP contribution in [0.25, 0.3) is 0 Å². The second-order valence-corrected chi connectivity index (χ2v) is 8.34. The van der Waals surface area contributed by atoms with Gasteiger partial charge in [0, 0.05) is 31.6 Å². The van der Waals surface area contributed by atoms with Crippen LogP contribution in [0.4, 0.5) is 0 Å². The van der Waals surface area contributed by atoms with Gasteiger partial charge in [0.2, 0.25) is 5.90 Å². The van der Waals surface area contributed by atoms with Crippen LogP contribution in [0.15, 0.2) is 89.9 Å². The molecule has 0 radical (unpaired) electrons. The van der Waals surface area contributed by atoms with Gasteiger partial charge in [-0.2, -0.15) is 0 Å². The van der Waals surface area contributed by atoms with Gasteiger partial charge in [0.05, 0.1) is 6.61 Å². The Morgan fingerprint density at radius 2 is 1.65 bits per heavy atom. The molecule has 34 heavy (non-hydrogen) atoms. The maximum Gasteiger partial charge on any atom is 0.251 e. The molecule has 1 atom stereocenters. The minimum absolute atomic E-state index is 0.0969. The first-order valence-corrected chi connectivity index (χ1v) is 11.6. The van der Waals surface area contributed by atoms with Crippen LogP contribution in [0, 0.1) is 0 Å². The maximum atomic E-state index is 13.4. The maximum absolute atomic E-state index is 13.4. The van der Waals surface area contributed by atoms with E-state index in [-0.39, 0.29) is 19.1 Å². The molecule has 0 aromatic heterocycles. The number of aliphatic hydroxyl groups is 1. The summed E-state index contributed by atoms with van der Waals surface area (Å²) in [4.78, 5) is 18.2. The summed E-state index contributed by atoms with van der Waals surface area (Å²) >= 11 is 0. The molecule has 0 unspecified atom stereocenters.